The minimum absolute atomic E-state index is 0.0286. The Kier molecular flexibility index (Phi) is 47.1. The first-order valence-electron chi connectivity index (χ1n) is 27.2. The minimum atomic E-state index is -4.64. The number of amides is 1. The largest absolute Gasteiger partial charge is 0.756 e. The topological polar surface area (TPSA) is 108 Å². The van der Waals surface area contributed by atoms with Crippen molar-refractivity contribution in [2.45, 2.75) is 219 Å². The average Bonchev–Trinajstić information content (AvgIpc) is 3.30. The number of aliphatic hydroxyl groups is 1. The first-order valence-corrected chi connectivity index (χ1v) is 28.7. The summed E-state index contributed by atoms with van der Waals surface area (Å²) in [5.41, 5.74) is 0. The third kappa shape index (κ3) is 51.0. The van der Waals surface area contributed by atoms with Crippen molar-refractivity contribution in [2.75, 3.05) is 40.9 Å². The van der Waals surface area contributed by atoms with Crippen molar-refractivity contribution >= 4 is 13.7 Å². The summed E-state index contributed by atoms with van der Waals surface area (Å²) in [5.74, 6) is -0.297. The number of hydrogen-bond donors (Lipinski definition) is 2. The Labute approximate surface area is 419 Å². The fourth-order valence-electron chi connectivity index (χ4n) is 7.21. The van der Waals surface area contributed by atoms with Crippen molar-refractivity contribution in [3.05, 3.63) is 109 Å². The molecule has 390 valence electrons. The number of quaternary nitrogens is 1. The van der Waals surface area contributed by atoms with Crippen LogP contribution in [-0.2, 0) is 18.4 Å². The molecule has 1 amide bonds. The summed E-state index contributed by atoms with van der Waals surface area (Å²) < 4.78 is 23.2. The molecular weight excluding hydrogens is 864 g/mol. The molecule has 3 unspecified atom stereocenters. The van der Waals surface area contributed by atoms with Gasteiger partial charge >= 0.3 is 0 Å². The summed E-state index contributed by atoms with van der Waals surface area (Å²) in [5, 5.41) is 13.8. The van der Waals surface area contributed by atoms with Crippen LogP contribution < -0.4 is 10.2 Å². The van der Waals surface area contributed by atoms with Gasteiger partial charge in [-0.15, -0.1) is 0 Å². The highest BCUT2D eigenvalue weighted by molar-refractivity contribution is 7.45. The number of phosphoric acid groups is 1. The third-order valence-electron chi connectivity index (χ3n) is 11.5. The number of rotatable bonds is 48. The number of hydrogen-bond acceptors (Lipinski definition) is 6. The molecule has 9 heteroatoms. The average molecular weight is 967 g/mol. The van der Waals surface area contributed by atoms with Gasteiger partial charge < -0.3 is 28.8 Å². The summed E-state index contributed by atoms with van der Waals surface area (Å²) in [6.45, 7) is 4.44. The van der Waals surface area contributed by atoms with Crippen molar-refractivity contribution in [2.24, 2.45) is 0 Å². The van der Waals surface area contributed by atoms with E-state index in [4.69, 9.17) is 9.05 Å². The standard InChI is InChI=1S/C59H103N2O6P/c1-6-8-10-12-14-16-18-20-22-24-26-27-28-29-30-31-32-33-35-36-38-40-42-44-46-48-50-52-58(62)57(56-67-68(64,65)66-55-54-61(3,4)5)60-59(63)53-51-49-47-45-43-41-39-37-34-25-23-21-19-17-15-13-11-9-7-2/h9,11,15,17,21,23,34-37,41-44,47,49-50,52,57-58,62H,6-8,10,12-14,16,18-20,22,24-33,38-40,45-46,48,51,53-56H2,1-5H3,(H-,60,63,64,65)/b11-9-,17-15-,23-21-,36-35+,37-34-,43-41-,44-42+,49-47-,52-50+. The van der Waals surface area contributed by atoms with Gasteiger partial charge in [0.25, 0.3) is 7.82 Å². The highest BCUT2D eigenvalue weighted by atomic mass is 31.2. The van der Waals surface area contributed by atoms with E-state index < -0.39 is 26.6 Å². The van der Waals surface area contributed by atoms with E-state index in [9.17, 15) is 19.4 Å². The maximum absolute atomic E-state index is 12.9. The molecule has 0 saturated heterocycles. The smallest absolute Gasteiger partial charge is 0.268 e. The predicted molar refractivity (Wildman–Crippen MR) is 292 cm³/mol. The number of phosphoric ester groups is 1. The van der Waals surface area contributed by atoms with E-state index in [0.29, 0.717) is 23.9 Å². The van der Waals surface area contributed by atoms with Gasteiger partial charge in [-0.2, -0.15) is 0 Å². The molecule has 8 nitrogen and oxygen atoms in total. The third-order valence-corrected chi connectivity index (χ3v) is 12.4. The molecule has 0 aromatic carbocycles. The Bertz CT molecular complexity index is 1470. The van der Waals surface area contributed by atoms with E-state index in [0.717, 1.165) is 57.8 Å². The zero-order chi connectivity index (χ0) is 49.9. The number of nitrogens with one attached hydrogen (secondary N) is 1. The second-order valence-electron chi connectivity index (χ2n) is 19.2. The van der Waals surface area contributed by atoms with Crippen LogP contribution in [0.3, 0.4) is 0 Å². The van der Waals surface area contributed by atoms with Gasteiger partial charge in [0.15, 0.2) is 0 Å². The predicted octanol–water partition coefficient (Wildman–Crippen LogP) is 15.8. The lowest BCUT2D eigenvalue weighted by Crippen LogP contribution is -2.45. The molecular formula is C59H103N2O6P. The first-order chi connectivity index (χ1) is 33.0. The van der Waals surface area contributed by atoms with E-state index in [2.05, 4.69) is 104 Å². The number of nitrogens with zero attached hydrogens (tertiary/aromatic N) is 1. The molecule has 0 aliphatic heterocycles. The van der Waals surface area contributed by atoms with Crippen molar-refractivity contribution in [1.82, 2.24) is 5.32 Å². The van der Waals surface area contributed by atoms with Crippen LogP contribution >= 0.6 is 7.82 Å². The number of allylic oxidation sites excluding steroid dienone is 17. The van der Waals surface area contributed by atoms with Crippen LogP contribution in [0, 0.1) is 0 Å². The SMILES string of the molecule is CC/C=C\C/C=C\C/C=C\C/C=C\C/C=C\C/C=C\CCC(=O)NC(COP(=O)([O-])OCC[N+](C)(C)C)C(O)/C=C/CC/C=C/CC/C=C/CCCCCCCCCCCCCCCCCCC. The van der Waals surface area contributed by atoms with Gasteiger partial charge in [0.2, 0.25) is 5.91 Å². The number of carbonyl (C=O) groups excluding carboxylic acids is 1. The summed E-state index contributed by atoms with van der Waals surface area (Å²) >= 11 is 0. The second-order valence-corrected chi connectivity index (χ2v) is 20.6. The lowest BCUT2D eigenvalue weighted by Gasteiger charge is -2.29. The maximum Gasteiger partial charge on any atom is 0.268 e. The van der Waals surface area contributed by atoms with Crippen LogP contribution in [0.25, 0.3) is 0 Å². The Balaban J connectivity index is 4.44. The lowest BCUT2D eigenvalue weighted by molar-refractivity contribution is -0.870. The molecule has 3 atom stereocenters. The molecule has 0 heterocycles. The van der Waals surface area contributed by atoms with Crippen LogP contribution in [0.5, 0.6) is 0 Å². The van der Waals surface area contributed by atoms with Crippen LogP contribution in [-0.4, -0.2) is 68.5 Å². The summed E-state index contributed by atoms with van der Waals surface area (Å²) in [6, 6.07) is -0.959. The lowest BCUT2D eigenvalue weighted by atomic mass is 10.0. The quantitative estimate of drug-likeness (QED) is 0.0272. The summed E-state index contributed by atoms with van der Waals surface area (Å²) in [6.07, 6.45) is 71.9. The number of unbranched alkanes of at least 4 members (excludes halogenated alkanes) is 19. The van der Waals surface area contributed by atoms with E-state index >= 15 is 0 Å². The Morgan fingerprint density at radius 2 is 0.912 bits per heavy atom. The zero-order valence-corrected chi connectivity index (χ0v) is 45.2. The summed E-state index contributed by atoms with van der Waals surface area (Å²) in [7, 11) is 1.17. The normalized spacial score (nSPS) is 14.9. The second kappa shape index (κ2) is 49.2. The fourth-order valence-corrected chi connectivity index (χ4v) is 7.93. The molecule has 0 spiro atoms. The van der Waals surface area contributed by atoms with Crippen molar-refractivity contribution in [3.8, 4) is 0 Å². The monoisotopic (exact) mass is 967 g/mol. The molecule has 0 aliphatic carbocycles. The molecule has 0 aliphatic rings. The highest BCUT2D eigenvalue weighted by Crippen LogP contribution is 2.38. The van der Waals surface area contributed by atoms with Gasteiger partial charge in [0.1, 0.15) is 13.2 Å². The molecule has 0 rings (SSSR count). The fraction of sp³-hybridized carbons (Fsp3) is 0.678. The number of carbonyl (C=O) groups is 1. The van der Waals surface area contributed by atoms with Crippen LogP contribution in [0.15, 0.2) is 109 Å². The van der Waals surface area contributed by atoms with Gasteiger partial charge in [-0.05, 0) is 83.5 Å². The van der Waals surface area contributed by atoms with Crippen molar-refractivity contribution in [1.29, 1.82) is 0 Å². The molecule has 0 radical (unpaired) electrons. The molecule has 68 heavy (non-hydrogen) atoms. The van der Waals surface area contributed by atoms with Gasteiger partial charge in [-0.3, -0.25) is 9.36 Å². The van der Waals surface area contributed by atoms with Gasteiger partial charge in [0.05, 0.1) is 39.9 Å². The van der Waals surface area contributed by atoms with E-state index in [1.165, 1.54) is 116 Å². The maximum atomic E-state index is 12.9. The molecule has 0 aromatic rings. The number of likely N-dealkylation sites (N-methyl/N-ethyl adjacent to an activating group) is 1. The van der Waals surface area contributed by atoms with E-state index in [1.807, 2.05) is 39.4 Å². The molecule has 2 N–H and O–H groups in total. The highest BCUT2D eigenvalue weighted by Gasteiger charge is 2.23. The van der Waals surface area contributed by atoms with Crippen LogP contribution in [0.2, 0.25) is 0 Å². The Morgan fingerprint density at radius 1 is 0.529 bits per heavy atom. The number of aliphatic hydroxyl groups excluding tert-OH is 1. The first kappa shape index (κ1) is 65.2. The van der Waals surface area contributed by atoms with Crippen LogP contribution in [0.4, 0.5) is 0 Å². The van der Waals surface area contributed by atoms with E-state index in [1.54, 1.807) is 6.08 Å². The Morgan fingerprint density at radius 3 is 1.35 bits per heavy atom. The molecule has 0 fully saturated rings. The molecule has 0 bridgehead atoms. The van der Waals surface area contributed by atoms with Gasteiger partial charge in [0, 0.05) is 6.42 Å². The summed E-state index contributed by atoms with van der Waals surface area (Å²) in [4.78, 5) is 25.4. The Hall–Kier alpha value is -2.84. The zero-order valence-electron chi connectivity index (χ0n) is 44.3. The van der Waals surface area contributed by atoms with Crippen LogP contribution in [0.1, 0.15) is 206 Å². The van der Waals surface area contributed by atoms with Crippen molar-refractivity contribution < 1.29 is 32.9 Å². The van der Waals surface area contributed by atoms with Gasteiger partial charge in [-0.25, -0.2) is 0 Å². The van der Waals surface area contributed by atoms with Gasteiger partial charge in [-0.1, -0.05) is 226 Å². The molecule has 0 saturated carbocycles. The van der Waals surface area contributed by atoms with Crippen molar-refractivity contribution in [3.63, 3.8) is 0 Å². The molecule has 0 aromatic heterocycles. The minimum Gasteiger partial charge on any atom is -0.756 e. The van der Waals surface area contributed by atoms with E-state index in [-0.39, 0.29) is 18.9 Å².